The molecular weight excluding hydrogens is 493 g/mol. The van der Waals surface area contributed by atoms with Crippen LogP contribution in [0.5, 0.6) is 11.5 Å². The van der Waals surface area contributed by atoms with Gasteiger partial charge in [0.15, 0.2) is 0 Å². The van der Waals surface area contributed by atoms with Gasteiger partial charge in [-0.2, -0.15) is 0 Å². The second-order valence-corrected chi connectivity index (χ2v) is 9.09. The van der Waals surface area contributed by atoms with Crippen LogP contribution in [0.2, 0.25) is 0 Å². The third-order valence-electron chi connectivity index (χ3n) is 6.63. The van der Waals surface area contributed by atoms with E-state index in [9.17, 15) is 22.8 Å². The first kappa shape index (κ1) is 26.7. The summed E-state index contributed by atoms with van der Waals surface area (Å²) in [6.07, 6.45) is -2.20. The number of ether oxygens (including phenoxy) is 4. The van der Waals surface area contributed by atoms with Gasteiger partial charge in [0.2, 0.25) is 5.91 Å². The topological polar surface area (TPSA) is 95.1 Å². The second-order valence-electron chi connectivity index (χ2n) is 9.09. The van der Waals surface area contributed by atoms with Gasteiger partial charge >= 0.3 is 12.3 Å². The monoisotopic (exact) mass is 522 g/mol. The van der Waals surface area contributed by atoms with E-state index in [0.29, 0.717) is 43.9 Å². The lowest BCUT2D eigenvalue weighted by molar-refractivity contribution is -0.274. The van der Waals surface area contributed by atoms with Crippen molar-refractivity contribution in [1.29, 1.82) is 0 Å². The summed E-state index contributed by atoms with van der Waals surface area (Å²) in [5.74, 6) is -0.489. The summed E-state index contributed by atoms with van der Waals surface area (Å²) in [5, 5.41) is 6.55. The minimum atomic E-state index is -4.75. The fourth-order valence-electron chi connectivity index (χ4n) is 4.39. The molecule has 2 aliphatic rings. The molecule has 0 radical (unpaired) electrons. The lowest BCUT2D eigenvalue weighted by atomic mass is 9.88. The molecule has 200 valence electrons. The molecule has 2 aromatic rings. The summed E-state index contributed by atoms with van der Waals surface area (Å²) in [4.78, 5) is 25.3. The van der Waals surface area contributed by atoms with Crippen LogP contribution in [0.1, 0.15) is 41.6 Å². The molecule has 0 aromatic heterocycles. The largest absolute Gasteiger partial charge is 0.573 e. The number of amides is 1. The predicted octanol–water partition coefficient (Wildman–Crippen LogP) is 3.69. The van der Waals surface area contributed by atoms with E-state index in [0.717, 1.165) is 18.4 Å². The lowest BCUT2D eigenvalue weighted by Gasteiger charge is -2.38. The zero-order valence-corrected chi connectivity index (χ0v) is 20.4. The molecule has 0 atom stereocenters. The Labute approximate surface area is 212 Å². The van der Waals surface area contributed by atoms with Crippen molar-refractivity contribution in [3.8, 4) is 11.5 Å². The van der Waals surface area contributed by atoms with E-state index in [1.54, 1.807) is 12.1 Å². The summed E-state index contributed by atoms with van der Waals surface area (Å²) >= 11 is 0. The lowest BCUT2D eigenvalue weighted by Crippen LogP contribution is -2.61. The molecule has 1 aliphatic heterocycles. The standard InChI is InChI=1S/C26H29F3N2O6/c1-34-22(32)18-2-4-19(5-3-18)24(10-11-24)31-23(33)25(12-15-35-16-13-25)30-14-17-36-20-6-8-21(9-7-20)37-26(27,28)29/h2-9,30H,10-17H2,1H3,(H,31,33). The maximum absolute atomic E-state index is 13.5. The van der Waals surface area contributed by atoms with Crippen molar-refractivity contribution >= 4 is 11.9 Å². The summed E-state index contributed by atoms with van der Waals surface area (Å²) in [6.45, 7) is 1.41. The van der Waals surface area contributed by atoms with Crippen LogP contribution in [0.15, 0.2) is 48.5 Å². The van der Waals surface area contributed by atoms with Crippen LogP contribution in [-0.2, 0) is 19.8 Å². The quantitative estimate of drug-likeness (QED) is 0.363. The summed E-state index contributed by atoms with van der Waals surface area (Å²) in [7, 11) is 1.33. The molecule has 1 heterocycles. The SMILES string of the molecule is COC(=O)c1ccc(C2(NC(=O)C3(NCCOc4ccc(OC(F)(F)F)cc4)CCOCC3)CC2)cc1. The molecule has 1 amide bonds. The number of benzene rings is 2. The molecule has 4 rings (SSSR count). The van der Waals surface area contributed by atoms with E-state index in [2.05, 4.69) is 15.4 Å². The molecule has 0 bridgehead atoms. The molecule has 11 heteroatoms. The zero-order chi connectivity index (χ0) is 26.5. The summed E-state index contributed by atoms with van der Waals surface area (Å²) in [6, 6.07) is 12.2. The Morgan fingerprint density at radius 3 is 2.14 bits per heavy atom. The molecule has 1 aliphatic carbocycles. The molecule has 8 nitrogen and oxygen atoms in total. The highest BCUT2D eigenvalue weighted by Gasteiger charge is 2.50. The van der Waals surface area contributed by atoms with Crippen LogP contribution in [0.4, 0.5) is 13.2 Å². The van der Waals surface area contributed by atoms with Gasteiger partial charge in [0.05, 0.1) is 18.2 Å². The molecule has 1 saturated carbocycles. The highest BCUT2D eigenvalue weighted by Crippen LogP contribution is 2.46. The van der Waals surface area contributed by atoms with Crippen LogP contribution in [0.25, 0.3) is 0 Å². The number of hydrogen-bond donors (Lipinski definition) is 2. The van der Waals surface area contributed by atoms with Gasteiger partial charge in [0.25, 0.3) is 0 Å². The number of carbonyl (C=O) groups excluding carboxylic acids is 2. The molecule has 0 unspecified atom stereocenters. The normalized spacial score (nSPS) is 17.9. The van der Waals surface area contributed by atoms with E-state index in [1.165, 1.54) is 31.4 Å². The molecule has 1 saturated heterocycles. The van der Waals surface area contributed by atoms with E-state index < -0.39 is 23.4 Å². The van der Waals surface area contributed by atoms with Crippen LogP contribution in [0, 0.1) is 0 Å². The molecule has 2 fully saturated rings. The highest BCUT2D eigenvalue weighted by molar-refractivity contribution is 5.89. The fraction of sp³-hybridized carbons (Fsp3) is 0.462. The summed E-state index contributed by atoms with van der Waals surface area (Å²) in [5.41, 5.74) is 0.0543. The van der Waals surface area contributed by atoms with Gasteiger partial charge in [-0.25, -0.2) is 4.79 Å². The number of nitrogens with one attached hydrogen (secondary N) is 2. The number of carbonyl (C=O) groups is 2. The average Bonchev–Trinajstić information content (AvgIpc) is 3.67. The smallest absolute Gasteiger partial charge is 0.492 e. The third kappa shape index (κ3) is 6.72. The van der Waals surface area contributed by atoms with Gasteiger partial charge in [0.1, 0.15) is 23.6 Å². The predicted molar refractivity (Wildman–Crippen MR) is 126 cm³/mol. The second kappa shape index (κ2) is 11.0. The van der Waals surface area contributed by atoms with Crippen molar-refractivity contribution in [2.45, 2.75) is 43.1 Å². The van der Waals surface area contributed by atoms with Gasteiger partial charge in [-0.3, -0.25) is 10.1 Å². The molecule has 0 spiro atoms. The average molecular weight is 523 g/mol. The van der Waals surface area contributed by atoms with Crippen molar-refractivity contribution in [3.63, 3.8) is 0 Å². The van der Waals surface area contributed by atoms with Crippen molar-refractivity contribution in [2.24, 2.45) is 0 Å². The number of esters is 1. The Hall–Kier alpha value is -3.31. The van der Waals surface area contributed by atoms with Crippen molar-refractivity contribution in [1.82, 2.24) is 10.6 Å². The van der Waals surface area contributed by atoms with Gasteiger partial charge in [0, 0.05) is 19.8 Å². The molecular formula is C26H29F3N2O6. The number of hydrogen-bond acceptors (Lipinski definition) is 7. The van der Waals surface area contributed by atoms with Gasteiger partial charge in [-0.05, 0) is 67.6 Å². The number of rotatable bonds is 10. The van der Waals surface area contributed by atoms with Gasteiger partial charge < -0.3 is 24.3 Å². The Kier molecular flexibility index (Phi) is 7.93. The molecule has 37 heavy (non-hydrogen) atoms. The van der Waals surface area contributed by atoms with Crippen LogP contribution < -0.4 is 20.1 Å². The minimum Gasteiger partial charge on any atom is -0.492 e. The Balaban J connectivity index is 1.34. The maximum Gasteiger partial charge on any atom is 0.573 e. The Morgan fingerprint density at radius 2 is 1.57 bits per heavy atom. The minimum absolute atomic E-state index is 0.126. The van der Waals surface area contributed by atoms with Crippen LogP contribution >= 0.6 is 0 Å². The van der Waals surface area contributed by atoms with Crippen molar-refractivity contribution in [2.75, 3.05) is 33.5 Å². The van der Waals surface area contributed by atoms with E-state index in [-0.39, 0.29) is 18.3 Å². The van der Waals surface area contributed by atoms with E-state index >= 15 is 0 Å². The third-order valence-corrected chi connectivity index (χ3v) is 6.63. The highest BCUT2D eigenvalue weighted by atomic mass is 19.4. The number of halogens is 3. The van der Waals surface area contributed by atoms with Crippen LogP contribution in [0.3, 0.4) is 0 Å². The van der Waals surface area contributed by atoms with Crippen molar-refractivity contribution in [3.05, 3.63) is 59.7 Å². The number of methoxy groups -OCH3 is 1. The first-order chi connectivity index (χ1) is 17.6. The molecule has 2 aromatic carbocycles. The van der Waals surface area contributed by atoms with E-state index in [4.69, 9.17) is 14.2 Å². The summed E-state index contributed by atoms with van der Waals surface area (Å²) < 4.78 is 56.6. The first-order valence-electron chi connectivity index (χ1n) is 12.0. The van der Waals surface area contributed by atoms with Crippen LogP contribution in [-0.4, -0.2) is 57.3 Å². The Morgan fingerprint density at radius 1 is 0.946 bits per heavy atom. The molecule has 2 N–H and O–H groups in total. The zero-order valence-electron chi connectivity index (χ0n) is 20.4. The van der Waals surface area contributed by atoms with Crippen molar-refractivity contribution < 1.29 is 41.7 Å². The first-order valence-corrected chi connectivity index (χ1v) is 12.0. The van der Waals surface area contributed by atoms with Gasteiger partial charge in [-0.15, -0.1) is 13.2 Å². The van der Waals surface area contributed by atoms with Gasteiger partial charge in [-0.1, -0.05) is 12.1 Å². The van der Waals surface area contributed by atoms with E-state index in [1.807, 2.05) is 12.1 Å². The fourth-order valence-corrected chi connectivity index (χ4v) is 4.39. The number of alkyl halides is 3. The maximum atomic E-state index is 13.5. The Bertz CT molecular complexity index is 1080.